The second-order valence-corrected chi connectivity index (χ2v) is 10.9. The Morgan fingerprint density at radius 3 is 2.32 bits per heavy atom. The zero-order valence-electron chi connectivity index (χ0n) is 19.2. The van der Waals surface area contributed by atoms with Crippen LogP contribution in [0.25, 0.3) is 0 Å². The van der Waals surface area contributed by atoms with Gasteiger partial charge in [-0.3, -0.25) is 13.9 Å². The first kappa shape index (κ1) is 26.0. The topological polar surface area (TPSA) is 86.8 Å². The first-order valence-corrected chi connectivity index (χ1v) is 13.4. The van der Waals surface area contributed by atoms with Crippen LogP contribution in [0.4, 0.5) is 10.1 Å². The van der Waals surface area contributed by atoms with Crippen molar-refractivity contribution in [1.82, 2.24) is 10.2 Å². The van der Waals surface area contributed by atoms with E-state index in [-0.39, 0.29) is 24.2 Å². The molecule has 0 bridgehead atoms. The van der Waals surface area contributed by atoms with Gasteiger partial charge in [0.2, 0.25) is 21.8 Å². The molecule has 184 valence electrons. The number of carbonyl (C=O) groups is 2. The van der Waals surface area contributed by atoms with Crippen LogP contribution in [0.2, 0.25) is 5.02 Å². The summed E-state index contributed by atoms with van der Waals surface area (Å²) in [6, 6.07) is 11.3. The first-order valence-electron chi connectivity index (χ1n) is 11.1. The van der Waals surface area contributed by atoms with Crippen molar-refractivity contribution in [2.75, 3.05) is 17.1 Å². The van der Waals surface area contributed by atoms with Crippen molar-refractivity contribution in [3.63, 3.8) is 0 Å². The van der Waals surface area contributed by atoms with Crippen LogP contribution in [0.1, 0.15) is 38.2 Å². The standard InChI is InChI=1S/C24H29ClFN3O4S/c1-17(24(31)27-20-7-3-4-8-20)28(15-18-11-13-19(25)14-12-18)23(30)16-29(34(2,32)33)22-10-6-5-9-21(22)26/h5-6,9-14,17,20H,3-4,7-8,15-16H2,1-2H3,(H,27,31)/t17-/m1/s1. The van der Waals surface area contributed by atoms with Crippen LogP contribution in [-0.2, 0) is 26.2 Å². The normalized spacial score (nSPS) is 15.1. The fraction of sp³-hybridized carbons (Fsp3) is 0.417. The number of carbonyl (C=O) groups excluding carboxylic acids is 2. The maximum atomic E-state index is 14.4. The van der Waals surface area contributed by atoms with Crippen molar-refractivity contribution in [3.05, 3.63) is 64.9 Å². The van der Waals surface area contributed by atoms with Crippen molar-refractivity contribution in [3.8, 4) is 0 Å². The zero-order chi connectivity index (χ0) is 24.9. The Balaban J connectivity index is 1.88. The van der Waals surface area contributed by atoms with Gasteiger partial charge >= 0.3 is 0 Å². The molecule has 1 saturated carbocycles. The minimum Gasteiger partial charge on any atom is -0.352 e. The SMILES string of the molecule is C[C@H](C(=O)NC1CCCC1)N(Cc1ccc(Cl)cc1)C(=O)CN(c1ccccc1F)S(C)(=O)=O. The van der Waals surface area contributed by atoms with Crippen LogP contribution in [0.5, 0.6) is 0 Å². The van der Waals surface area contributed by atoms with Crippen molar-refractivity contribution in [2.45, 2.75) is 51.2 Å². The average molecular weight is 510 g/mol. The second kappa shape index (κ2) is 11.2. The molecule has 2 aromatic rings. The van der Waals surface area contributed by atoms with Crippen molar-refractivity contribution < 1.29 is 22.4 Å². The predicted octanol–water partition coefficient (Wildman–Crippen LogP) is 3.72. The number of hydrogen-bond donors (Lipinski definition) is 1. The summed E-state index contributed by atoms with van der Waals surface area (Å²) in [4.78, 5) is 27.7. The Morgan fingerprint density at radius 1 is 1.12 bits per heavy atom. The Morgan fingerprint density at radius 2 is 1.74 bits per heavy atom. The van der Waals surface area contributed by atoms with E-state index in [4.69, 9.17) is 11.6 Å². The predicted molar refractivity (Wildman–Crippen MR) is 130 cm³/mol. The molecular weight excluding hydrogens is 481 g/mol. The first-order chi connectivity index (χ1) is 16.1. The van der Waals surface area contributed by atoms with E-state index in [1.807, 2.05) is 0 Å². The molecule has 0 saturated heterocycles. The lowest BCUT2D eigenvalue weighted by molar-refractivity contribution is -0.139. The fourth-order valence-corrected chi connectivity index (χ4v) is 4.99. The minimum atomic E-state index is -3.98. The van der Waals surface area contributed by atoms with Gasteiger partial charge in [0.05, 0.1) is 11.9 Å². The molecule has 34 heavy (non-hydrogen) atoms. The summed E-state index contributed by atoms with van der Waals surface area (Å²) in [5.41, 5.74) is 0.489. The molecule has 1 atom stereocenters. The molecule has 0 spiro atoms. The molecule has 1 fully saturated rings. The lowest BCUT2D eigenvalue weighted by Gasteiger charge is -2.32. The number of nitrogens with zero attached hydrogens (tertiary/aromatic N) is 2. The largest absolute Gasteiger partial charge is 0.352 e. The minimum absolute atomic E-state index is 0.0597. The molecule has 3 rings (SSSR count). The molecule has 2 aromatic carbocycles. The van der Waals surface area contributed by atoms with Gasteiger partial charge < -0.3 is 10.2 Å². The summed E-state index contributed by atoms with van der Waals surface area (Å²) in [7, 11) is -3.98. The third kappa shape index (κ3) is 6.70. The van der Waals surface area contributed by atoms with E-state index in [9.17, 15) is 22.4 Å². The van der Waals surface area contributed by atoms with Gasteiger partial charge in [0.25, 0.3) is 0 Å². The van der Waals surface area contributed by atoms with Crippen LogP contribution >= 0.6 is 11.6 Å². The summed E-state index contributed by atoms with van der Waals surface area (Å²) < 4.78 is 40.1. The van der Waals surface area contributed by atoms with Crippen molar-refractivity contribution in [2.24, 2.45) is 0 Å². The van der Waals surface area contributed by atoms with E-state index >= 15 is 0 Å². The van der Waals surface area contributed by atoms with Gasteiger partial charge in [0, 0.05) is 17.6 Å². The van der Waals surface area contributed by atoms with Crippen LogP contribution in [-0.4, -0.2) is 50.0 Å². The molecule has 1 aliphatic carbocycles. The summed E-state index contributed by atoms with van der Waals surface area (Å²) >= 11 is 5.97. The molecule has 0 unspecified atom stereocenters. The molecule has 2 amide bonds. The molecule has 0 heterocycles. The van der Waals surface area contributed by atoms with Gasteiger partial charge in [0.15, 0.2) is 0 Å². The summed E-state index contributed by atoms with van der Waals surface area (Å²) in [6.45, 7) is 1.02. The fourth-order valence-electron chi connectivity index (χ4n) is 4.01. The zero-order valence-corrected chi connectivity index (χ0v) is 20.8. The number of rotatable bonds is 9. The number of halogens is 2. The van der Waals surface area contributed by atoms with Gasteiger partial charge in [-0.25, -0.2) is 12.8 Å². The summed E-state index contributed by atoms with van der Waals surface area (Å²) in [5.74, 6) is -1.71. The lowest BCUT2D eigenvalue weighted by atomic mass is 10.1. The highest BCUT2D eigenvalue weighted by atomic mass is 35.5. The Kier molecular flexibility index (Phi) is 8.54. The molecule has 1 aliphatic rings. The number of para-hydroxylation sites is 1. The van der Waals surface area contributed by atoms with E-state index in [0.717, 1.165) is 47.9 Å². The van der Waals surface area contributed by atoms with Gasteiger partial charge in [0.1, 0.15) is 18.4 Å². The van der Waals surface area contributed by atoms with Crippen molar-refractivity contribution in [1.29, 1.82) is 0 Å². The van der Waals surface area contributed by atoms with Gasteiger partial charge in [-0.2, -0.15) is 0 Å². The molecule has 1 N–H and O–H groups in total. The summed E-state index contributed by atoms with van der Waals surface area (Å²) in [5, 5.41) is 3.51. The van der Waals surface area contributed by atoms with Crippen LogP contribution in [0.3, 0.4) is 0 Å². The molecule has 0 radical (unpaired) electrons. The van der Waals surface area contributed by atoms with Gasteiger partial charge in [-0.05, 0) is 49.6 Å². The summed E-state index contributed by atoms with van der Waals surface area (Å²) in [6.07, 6.45) is 4.77. The number of sulfonamides is 1. The smallest absolute Gasteiger partial charge is 0.244 e. The second-order valence-electron chi connectivity index (χ2n) is 8.54. The number of amides is 2. The Labute approximate surface area is 204 Å². The maximum Gasteiger partial charge on any atom is 0.244 e. The van der Waals surface area contributed by atoms with E-state index < -0.39 is 34.3 Å². The van der Waals surface area contributed by atoms with E-state index in [1.54, 1.807) is 31.2 Å². The number of benzene rings is 2. The Bertz CT molecular complexity index is 1120. The van der Waals surface area contributed by atoms with Crippen molar-refractivity contribution >= 4 is 39.1 Å². The number of nitrogens with one attached hydrogen (secondary N) is 1. The Hall–Kier alpha value is -2.65. The maximum absolute atomic E-state index is 14.4. The molecule has 0 aromatic heterocycles. The highest BCUT2D eigenvalue weighted by Crippen LogP contribution is 2.23. The lowest BCUT2D eigenvalue weighted by Crippen LogP contribution is -2.52. The van der Waals surface area contributed by atoms with Crippen LogP contribution in [0, 0.1) is 5.82 Å². The monoisotopic (exact) mass is 509 g/mol. The highest BCUT2D eigenvalue weighted by Gasteiger charge is 2.32. The number of anilines is 1. The number of hydrogen-bond acceptors (Lipinski definition) is 4. The average Bonchev–Trinajstić information content (AvgIpc) is 3.29. The highest BCUT2D eigenvalue weighted by molar-refractivity contribution is 7.92. The van der Waals surface area contributed by atoms with Gasteiger partial charge in [-0.1, -0.05) is 48.7 Å². The molecular formula is C24H29ClFN3O4S. The van der Waals surface area contributed by atoms with E-state index in [0.29, 0.717) is 5.02 Å². The quantitative estimate of drug-likeness (QED) is 0.558. The third-order valence-electron chi connectivity index (χ3n) is 5.94. The molecule has 0 aliphatic heterocycles. The van der Waals surface area contributed by atoms with E-state index in [1.165, 1.54) is 23.1 Å². The third-order valence-corrected chi connectivity index (χ3v) is 7.31. The van der Waals surface area contributed by atoms with E-state index in [2.05, 4.69) is 5.32 Å². The molecule has 7 nitrogen and oxygen atoms in total. The van der Waals surface area contributed by atoms with Crippen LogP contribution < -0.4 is 9.62 Å². The molecule has 10 heteroatoms. The van der Waals surface area contributed by atoms with Crippen LogP contribution in [0.15, 0.2) is 48.5 Å². The van der Waals surface area contributed by atoms with Gasteiger partial charge in [-0.15, -0.1) is 0 Å².